The Kier molecular flexibility index (Phi) is 2.33. The van der Waals surface area contributed by atoms with Crippen LogP contribution >= 0.6 is 0 Å². The summed E-state index contributed by atoms with van der Waals surface area (Å²) in [5.74, 6) is 1.11. The van der Waals surface area contributed by atoms with Gasteiger partial charge in [-0.3, -0.25) is 0 Å². The molecule has 1 N–H and O–H groups in total. The Morgan fingerprint density at radius 1 is 1.78 bits per heavy atom. The number of rotatable bonds is 1. The second kappa shape index (κ2) is 3.05. The number of hydrogen-bond donors (Lipinski definition) is 1. The molecule has 0 amide bonds. The molecule has 0 fully saturated rings. The van der Waals surface area contributed by atoms with Gasteiger partial charge in [0.25, 0.3) is 0 Å². The van der Waals surface area contributed by atoms with Gasteiger partial charge in [0.15, 0.2) is 0 Å². The van der Waals surface area contributed by atoms with Gasteiger partial charge in [-0.05, 0) is 0 Å². The number of halogens is 1. The number of carboxylic acids is 1. The number of allylic oxidation sites excluding steroid dienone is 2. The molecule has 4 heteroatoms. The molecule has 1 radical (unpaired) electrons. The van der Waals surface area contributed by atoms with Gasteiger partial charge in [0, 0.05) is 0 Å². The Morgan fingerprint density at radius 2 is 2.56 bits per heavy atom. The maximum absolute atomic E-state index is 10.3. The fourth-order valence-electron chi connectivity index (χ4n) is 0.441. The summed E-state index contributed by atoms with van der Waals surface area (Å²) < 4.78 is 0.566. The van der Waals surface area contributed by atoms with E-state index < -0.39 is 5.97 Å². The third kappa shape index (κ3) is 1.85. The van der Waals surface area contributed by atoms with E-state index >= 15 is 0 Å². The molecule has 0 aromatic rings. The number of aliphatic carboxylic acids is 1. The molecule has 1 aliphatic heterocycles. The van der Waals surface area contributed by atoms with Crippen LogP contribution in [0.25, 0.3) is 0 Å². The summed E-state index contributed by atoms with van der Waals surface area (Å²) in [6, 6.07) is 0. The fraction of sp³-hybridized carbons (Fsp3) is 0. The minimum atomic E-state index is -0.775. The summed E-state index contributed by atoms with van der Waals surface area (Å²) in [5, 5.41) is 10.4. The SMILES string of the molecule is O=C(O)C1=CC=C[B][I-]1. The zero-order valence-electron chi connectivity index (χ0n) is 4.54. The van der Waals surface area contributed by atoms with Crippen LogP contribution in [0.4, 0.5) is 0 Å². The van der Waals surface area contributed by atoms with Crippen LogP contribution in [0.1, 0.15) is 0 Å². The van der Waals surface area contributed by atoms with Crippen molar-refractivity contribution in [3.63, 3.8) is 0 Å². The van der Waals surface area contributed by atoms with Crippen LogP contribution in [0.2, 0.25) is 0 Å². The second-order valence-electron chi connectivity index (χ2n) is 1.44. The van der Waals surface area contributed by atoms with Crippen molar-refractivity contribution in [3.8, 4) is 0 Å². The van der Waals surface area contributed by atoms with Crippen molar-refractivity contribution in [2.45, 2.75) is 0 Å². The topological polar surface area (TPSA) is 37.3 Å². The first-order chi connectivity index (χ1) is 4.30. The Morgan fingerprint density at radius 3 is 2.89 bits per heavy atom. The Labute approximate surface area is 63.9 Å². The van der Waals surface area contributed by atoms with Crippen molar-refractivity contribution in [2.24, 2.45) is 0 Å². The van der Waals surface area contributed by atoms with Crippen LogP contribution in [0.3, 0.4) is 0 Å². The first-order valence-electron chi connectivity index (χ1n) is 2.37. The standard InChI is InChI=1S/C5H4BIO2/c8-5(9)4-2-1-3-6-7-4/h1-3H,(H,8,9)/q-1. The monoisotopic (exact) mass is 234 g/mol. The molecule has 1 aliphatic rings. The van der Waals surface area contributed by atoms with Crippen LogP contribution in [0.15, 0.2) is 21.7 Å². The van der Waals surface area contributed by atoms with Gasteiger partial charge in [-0.1, -0.05) is 0 Å². The number of carboxylic acid groups (broad SMARTS) is 1. The quantitative estimate of drug-likeness (QED) is 0.392. The van der Waals surface area contributed by atoms with Gasteiger partial charge in [-0.2, -0.15) is 0 Å². The third-order valence-electron chi connectivity index (χ3n) is 0.811. The Bertz CT molecular complexity index is 185. The van der Waals surface area contributed by atoms with Crippen molar-refractivity contribution in [1.29, 1.82) is 0 Å². The predicted molar refractivity (Wildman–Crippen MR) is 30.6 cm³/mol. The van der Waals surface area contributed by atoms with Crippen LogP contribution in [0.5, 0.6) is 0 Å². The van der Waals surface area contributed by atoms with Gasteiger partial charge in [0.2, 0.25) is 0 Å². The molecule has 0 spiro atoms. The van der Waals surface area contributed by atoms with Crippen molar-refractivity contribution in [2.75, 3.05) is 0 Å². The van der Waals surface area contributed by atoms with E-state index in [-0.39, 0.29) is 21.0 Å². The van der Waals surface area contributed by atoms with E-state index in [4.69, 9.17) is 5.11 Å². The molecule has 0 bridgehead atoms. The van der Waals surface area contributed by atoms with Crippen molar-refractivity contribution in [3.05, 3.63) is 21.7 Å². The van der Waals surface area contributed by atoms with E-state index in [1.165, 1.54) is 0 Å². The summed E-state index contributed by atoms with van der Waals surface area (Å²) in [5.41, 5.74) is 0. The molecule has 0 aromatic carbocycles. The van der Waals surface area contributed by atoms with Gasteiger partial charge in [-0.15, -0.1) is 0 Å². The molecular weight excluding hydrogens is 230 g/mol. The van der Waals surface area contributed by atoms with Gasteiger partial charge in [0.1, 0.15) is 0 Å². The van der Waals surface area contributed by atoms with Crippen LogP contribution in [0, 0.1) is 0 Å². The van der Waals surface area contributed by atoms with Gasteiger partial charge >= 0.3 is 63.7 Å². The van der Waals surface area contributed by atoms with Crippen molar-refractivity contribution < 1.29 is 30.9 Å². The first kappa shape index (κ1) is 6.86. The average molecular weight is 234 g/mol. The van der Waals surface area contributed by atoms with E-state index in [2.05, 4.69) is 0 Å². The van der Waals surface area contributed by atoms with E-state index in [9.17, 15) is 4.79 Å². The summed E-state index contributed by atoms with van der Waals surface area (Å²) in [4.78, 5) is 10.3. The minimum absolute atomic E-state index is 0.342. The molecular formula is C5H4BIO2-. The van der Waals surface area contributed by atoms with Gasteiger partial charge in [0.05, 0.1) is 0 Å². The molecule has 1 heterocycles. The van der Waals surface area contributed by atoms with Crippen molar-refractivity contribution in [1.82, 2.24) is 0 Å². The fourth-order valence-corrected chi connectivity index (χ4v) is 1.96. The molecule has 47 valence electrons. The van der Waals surface area contributed by atoms with E-state index in [0.717, 1.165) is 0 Å². The summed E-state index contributed by atoms with van der Waals surface area (Å²) in [6.45, 7) is 0. The molecule has 0 atom stereocenters. The van der Waals surface area contributed by atoms with Crippen LogP contribution < -0.4 is 21.0 Å². The molecule has 0 aromatic heterocycles. The Hall–Kier alpha value is -0.255. The molecule has 1 rings (SSSR count). The number of hydrogen-bond acceptors (Lipinski definition) is 1. The second-order valence-corrected chi connectivity index (χ2v) is 3.94. The van der Waals surface area contributed by atoms with Crippen LogP contribution in [-0.2, 0) is 4.79 Å². The molecule has 0 saturated carbocycles. The van der Waals surface area contributed by atoms with Crippen LogP contribution in [-0.4, -0.2) is 16.2 Å². The number of carbonyl (C=O) groups is 1. The summed E-state index contributed by atoms with van der Waals surface area (Å²) >= 11 is -0.342. The van der Waals surface area contributed by atoms with Crippen molar-refractivity contribution >= 4 is 11.1 Å². The van der Waals surface area contributed by atoms with E-state index in [0.29, 0.717) is 3.58 Å². The zero-order chi connectivity index (χ0) is 6.69. The molecule has 9 heavy (non-hydrogen) atoms. The molecule has 2 nitrogen and oxygen atoms in total. The molecule has 0 unspecified atom stereocenters. The summed E-state index contributed by atoms with van der Waals surface area (Å²) in [6.07, 6.45) is 3.42. The Balaban J connectivity index is 2.68. The van der Waals surface area contributed by atoms with Gasteiger partial charge in [-0.25, -0.2) is 0 Å². The predicted octanol–water partition coefficient (Wildman–Crippen LogP) is -2.81. The van der Waals surface area contributed by atoms with Gasteiger partial charge < -0.3 is 0 Å². The maximum atomic E-state index is 10.3. The third-order valence-corrected chi connectivity index (χ3v) is 3.08. The molecule has 0 saturated heterocycles. The molecule has 0 aliphatic carbocycles. The summed E-state index contributed by atoms with van der Waals surface area (Å²) in [7, 11) is 0. The van der Waals surface area contributed by atoms with E-state index in [1.807, 2.05) is 11.1 Å². The zero-order valence-corrected chi connectivity index (χ0v) is 6.70. The first-order valence-corrected chi connectivity index (χ1v) is 4.70. The average Bonchev–Trinajstić information content (AvgIpc) is 1.90. The van der Waals surface area contributed by atoms with E-state index in [1.54, 1.807) is 12.2 Å². The normalized spacial score (nSPS) is 17.1.